The van der Waals surface area contributed by atoms with Crippen molar-refractivity contribution in [1.82, 2.24) is 4.90 Å². The minimum absolute atomic E-state index is 0.100. The first kappa shape index (κ1) is 15.9. The van der Waals surface area contributed by atoms with Gasteiger partial charge in [-0.05, 0) is 25.7 Å². The van der Waals surface area contributed by atoms with E-state index in [1.54, 1.807) is 0 Å². The number of carboxylic acid groups (broad SMARTS) is 1. The quantitative estimate of drug-likeness (QED) is 0.701. The van der Waals surface area contributed by atoms with E-state index in [9.17, 15) is 9.59 Å². The third kappa shape index (κ3) is 5.68. The Balaban J connectivity index is 4.67. The number of carbonyl (C=O) groups is 2. The van der Waals surface area contributed by atoms with Crippen molar-refractivity contribution in [3.05, 3.63) is 0 Å². The normalized spacial score (nSPS) is 14.5. The number of rotatable bonds is 7. The van der Waals surface area contributed by atoms with E-state index in [4.69, 9.17) is 10.8 Å². The number of carbonyl (C=O) groups excluding carboxylic acids is 1. The van der Waals surface area contributed by atoms with Gasteiger partial charge in [0.1, 0.15) is 6.54 Å². The Hall–Kier alpha value is -1.10. The molecule has 0 fully saturated rings. The van der Waals surface area contributed by atoms with Crippen LogP contribution in [0.2, 0.25) is 0 Å². The zero-order valence-corrected chi connectivity index (χ0v) is 11.1. The highest BCUT2D eigenvalue weighted by Crippen LogP contribution is 2.10. The standard InChI is InChI=1S/C12H24N2O3/c1-5-9(4)14(7-11(15)16)12(17)10(13)6-8(2)3/h8-10H,5-7,13H2,1-4H3,(H,15,16). The first-order valence-corrected chi connectivity index (χ1v) is 6.07. The first-order valence-electron chi connectivity index (χ1n) is 6.07. The van der Waals surface area contributed by atoms with Gasteiger partial charge < -0.3 is 15.7 Å². The molecule has 1 amide bonds. The summed E-state index contributed by atoms with van der Waals surface area (Å²) in [5.74, 6) is -0.955. The molecule has 0 heterocycles. The predicted molar refractivity (Wildman–Crippen MR) is 66.5 cm³/mol. The molecule has 2 unspecified atom stereocenters. The van der Waals surface area contributed by atoms with Gasteiger partial charge in [-0.2, -0.15) is 0 Å². The van der Waals surface area contributed by atoms with E-state index in [1.807, 2.05) is 27.7 Å². The molecule has 0 aliphatic carbocycles. The maximum atomic E-state index is 12.1. The summed E-state index contributed by atoms with van der Waals surface area (Å²) in [5, 5.41) is 8.81. The van der Waals surface area contributed by atoms with Gasteiger partial charge in [-0.15, -0.1) is 0 Å². The van der Waals surface area contributed by atoms with Gasteiger partial charge in [0.2, 0.25) is 5.91 Å². The summed E-state index contributed by atoms with van der Waals surface area (Å²) in [6.07, 6.45) is 1.29. The highest BCUT2D eigenvalue weighted by molar-refractivity contribution is 5.85. The third-order valence-corrected chi connectivity index (χ3v) is 2.75. The second-order valence-electron chi connectivity index (χ2n) is 4.85. The molecule has 3 N–H and O–H groups in total. The van der Waals surface area contributed by atoms with Crippen LogP contribution < -0.4 is 5.73 Å². The fraction of sp³-hybridized carbons (Fsp3) is 0.833. The number of hydrogen-bond acceptors (Lipinski definition) is 3. The highest BCUT2D eigenvalue weighted by atomic mass is 16.4. The Morgan fingerprint density at radius 3 is 2.18 bits per heavy atom. The Kier molecular flexibility index (Phi) is 6.80. The maximum absolute atomic E-state index is 12.1. The summed E-state index contributed by atoms with van der Waals surface area (Å²) < 4.78 is 0. The predicted octanol–water partition coefficient (Wildman–Crippen LogP) is 1.07. The molecule has 17 heavy (non-hydrogen) atoms. The van der Waals surface area contributed by atoms with Crippen LogP contribution in [0, 0.1) is 5.92 Å². The van der Waals surface area contributed by atoms with Crippen molar-refractivity contribution in [3.63, 3.8) is 0 Å². The lowest BCUT2D eigenvalue weighted by Crippen LogP contribution is -2.50. The lowest BCUT2D eigenvalue weighted by molar-refractivity contribution is -0.146. The molecule has 100 valence electrons. The van der Waals surface area contributed by atoms with Crippen molar-refractivity contribution in [2.45, 2.75) is 52.6 Å². The fourth-order valence-electron chi connectivity index (χ4n) is 1.64. The van der Waals surface area contributed by atoms with Crippen molar-refractivity contribution >= 4 is 11.9 Å². The number of aliphatic carboxylic acids is 1. The molecule has 0 aliphatic heterocycles. The SMILES string of the molecule is CCC(C)N(CC(=O)O)C(=O)C(N)CC(C)C. The molecule has 0 spiro atoms. The van der Waals surface area contributed by atoms with Gasteiger partial charge in [-0.25, -0.2) is 0 Å². The molecular weight excluding hydrogens is 220 g/mol. The van der Waals surface area contributed by atoms with Crippen LogP contribution in [0.5, 0.6) is 0 Å². The summed E-state index contributed by atoms with van der Waals surface area (Å²) in [4.78, 5) is 24.2. The number of nitrogens with two attached hydrogens (primary N) is 1. The van der Waals surface area contributed by atoms with Crippen molar-refractivity contribution < 1.29 is 14.7 Å². The van der Waals surface area contributed by atoms with Gasteiger partial charge in [0.05, 0.1) is 6.04 Å². The van der Waals surface area contributed by atoms with Crippen LogP contribution in [0.25, 0.3) is 0 Å². The number of nitrogens with zero attached hydrogens (tertiary/aromatic N) is 1. The summed E-state index contributed by atoms with van der Waals surface area (Å²) in [6.45, 7) is 7.44. The molecule has 5 heteroatoms. The number of hydrogen-bond donors (Lipinski definition) is 2. The van der Waals surface area contributed by atoms with E-state index in [0.717, 1.165) is 0 Å². The molecule has 0 rings (SSSR count). The lowest BCUT2D eigenvalue weighted by atomic mass is 10.0. The molecule has 0 aliphatic rings. The largest absolute Gasteiger partial charge is 0.480 e. The number of amides is 1. The lowest BCUT2D eigenvalue weighted by Gasteiger charge is -2.29. The van der Waals surface area contributed by atoms with Crippen molar-refractivity contribution in [2.75, 3.05) is 6.54 Å². The molecular formula is C12H24N2O3. The number of carboxylic acids is 1. The molecule has 0 aromatic heterocycles. The van der Waals surface area contributed by atoms with Crippen LogP contribution in [-0.4, -0.2) is 40.5 Å². The third-order valence-electron chi connectivity index (χ3n) is 2.75. The summed E-state index contributed by atoms with van der Waals surface area (Å²) >= 11 is 0. The fourth-order valence-corrected chi connectivity index (χ4v) is 1.64. The Morgan fingerprint density at radius 2 is 1.82 bits per heavy atom. The topological polar surface area (TPSA) is 83.6 Å². The van der Waals surface area contributed by atoms with Crippen LogP contribution in [0.15, 0.2) is 0 Å². The van der Waals surface area contributed by atoms with Gasteiger partial charge in [0, 0.05) is 6.04 Å². The van der Waals surface area contributed by atoms with Gasteiger partial charge in [-0.1, -0.05) is 20.8 Å². The maximum Gasteiger partial charge on any atom is 0.323 e. The van der Waals surface area contributed by atoms with Gasteiger partial charge in [-0.3, -0.25) is 9.59 Å². The van der Waals surface area contributed by atoms with Crippen LogP contribution >= 0.6 is 0 Å². The summed E-state index contributed by atoms with van der Waals surface area (Å²) in [6, 6.07) is -0.708. The summed E-state index contributed by atoms with van der Waals surface area (Å²) in [7, 11) is 0. The molecule has 2 atom stereocenters. The van der Waals surface area contributed by atoms with Crippen molar-refractivity contribution in [2.24, 2.45) is 11.7 Å². The van der Waals surface area contributed by atoms with E-state index in [2.05, 4.69) is 0 Å². The van der Waals surface area contributed by atoms with Crippen LogP contribution in [-0.2, 0) is 9.59 Å². The highest BCUT2D eigenvalue weighted by Gasteiger charge is 2.26. The first-order chi connectivity index (χ1) is 7.79. The van der Waals surface area contributed by atoms with Crippen LogP contribution in [0.1, 0.15) is 40.5 Å². The second-order valence-corrected chi connectivity index (χ2v) is 4.85. The molecule has 0 saturated heterocycles. The van der Waals surface area contributed by atoms with E-state index < -0.39 is 12.0 Å². The van der Waals surface area contributed by atoms with Crippen molar-refractivity contribution in [1.29, 1.82) is 0 Å². The van der Waals surface area contributed by atoms with E-state index in [-0.39, 0.29) is 18.5 Å². The van der Waals surface area contributed by atoms with Crippen LogP contribution in [0.4, 0.5) is 0 Å². The molecule has 0 radical (unpaired) electrons. The second kappa shape index (κ2) is 7.27. The minimum atomic E-state index is -1.00. The minimum Gasteiger partial charge on any atom is -0.480 e. The zero-order chi connectivity index (χ0) is 13.6. The van der Waals surface area contributed by atoms with E-state index >= 15 is 0 Å². The smallest absolute Gasteiger partial charge is 0.323 e. The van der Waals surface area contributed by atoms with Gasteiger partial charge in [0.25, 0.3) is 0 Å². The Morgan fingerprint density at radius 1 is 1.29 bits per heavy atom. The zero-order valence-electron chi connectivity index (χ0n) is 11.1. The van der Waals surface area contributed by atoms with E-state index in [1.165, 1.54) is 4.90 Å². The van der Waals surface area contributed by atoms with E-state index in [0.29, 0.717) is 18.8 Å². The Labute approximate surface area is 103 Å². The van der Waals surface area contributed by atoms with Crippen LogP contribution in [0.3, 0.4) is 0 Å². The monoisotopic (exact) mass is 244 g/mol. The molecule has 0 saturated carbocycles. The average Bonchev–Trinajstić information content (AvgIpc) is 2.22. The molecule has 0 aromatic rings. The average molecular weight is 244 g/mol. The molecule has 0 aromatic carbocycles. The molecule has 5 nitrogen and oxygen atoms in total. The molecule has 0 bridgehead atoms. The Bertz CT molecular complexity index is 266. The van der Waals surface area contributed by atoms with Crippen molar-refractivity contribution in [3.8, 4) is 0 Å². The summed E-state index contributed by atoms with van der Waals surface area (Å²) in [5.41, 5.74) is 5.80. The van der Waals surface area contributed by atoms with Gasteiger partial charge >= 0.3 is 5.97 Å². The van der Waals surface area contributed by atoms with Gasteiger partial charge in [0.15, 0.2) is 0 Å².